The van der Waals surface area contributed by atoms with Crippen molar-refractivity contribution in [1.29, 1.82) is 0 Å². The fraction of sp³-hybridized carbons (Fsp3) is 0.679. The minimum absolute atomic E-state index is 0.0911. The molecule has 2 fully saturated rings. The molecule has 72 heavy (non-hydrogen) atoms. The number of hydrogen-bond acceptors (Lipinski definition) is 8. The molecule has 0 aliphatic carbocycles. The van der Waals surface area contributed by atoms with Crippen LogP contribution in [0.1, 0.15) is 144 Å². The molecule has 402 valence electrons. The monoisotopic (exact) mass is 1130 g/mol. The maximum atomic E-state index is 14.2. The highest BCUT2D eigenvalue weighted by atomic mass is 79.9. The average Bonchev–Trinajstić information content (AvgIpc) is 4.02. The Bertz CT molecular complexity index is 1910. The first kappa shape index (κ1) is 60.7. The van der Waals surface area contributed by atoms with E-state index in [0.29, 0.717) is 65.0 Å². The molecule has 2 saturated heterocycles. The summed E-state index contributed by atoms with van der Waals surface area (Å²) < 4.78 is 2.00. The van der Waals surface area contributed by atoms with E-state index in [4.69, 9.17) is 0 Å². The van der Waals surface area contributed by atoms with Crippen molar-refractivity contribution in [3.63, 3.8) is 0 Å². The largest absolute Gasteiger partial charge is 0.342 e. The first-order valence-electron chi connectivity index (χ1n) is 26.6. The molecule has 4 N–H and O–H groups in total. The highest BCUT2D eigenvalue weighted by Crippen LogP contribution is 2.29. The van der Waals surface area contributed by atoms with Gasteiger partial charge in [-0.1, -0.05) is 123 Å². The summed E-state index contributed by atoms with van der Waals surface area (Å²) in [4.78, 5) is 90.3. The Morgan fingerprint density at radius 3 is 1.22 bits per heavy atom. The average molecular weight is 1130 g/mol. The molecule has 0 unspecified atom stereocenters. The van der Waals surface area contributed by atoms with Crippen LogP contribution in [0.3, 0.4) is 0 Å². The van der Waals surface area contributed by atoms with Crippen LogP contribution in [0, 0.1) is 10.8 Å². The molecule has 14 nitrogen and oxygen atoms in total. The predicted octanol–water partition coefficient (Wildman–Crippen LogP) is 8.03. The van der Waals surface area contributed by atoms with Crippen molar-refractivity contribution < 1.29 is 28.8 Å². The smallest absolute Gasteiger partial charge is 0.246 e. The van der Waals surface area contributed by atoms with Crippen molar-refractivity contribution in [2.75, 3.05) is 53.4 Å². The van der Waals surface area contributed by atoms with Crippen molar-refractivity contribution >= 4 is 67.3 Å². The lowest BCUT2D eigenvalue weighted by molar-refractivity contribution is -0.142. The summed E-state index contributed by atoms with van der Waals surface area (Å²) >= 11 is 7.06. The minimum atomic E-state index is -0.699. The molecule has 2 heterocycles. The van der Waals surface area contributed by atoms with E-state index in [2.05, 4.69) is 77.4 Å². The summed E-state index contributed by atoms with van der Waals surface area (Å²) in [7, 11) is 3.45. The Labute approximate surface area is 448 Å². The number of carbonyl (C=O) groups excluding carboxylic acids is 6. The Hall–Kier alpha value is -3.86. The van der Waals surface area contributed by atoms with Gasteiger partial charge in [-0.05, 0) is 126 Å². The number of halogens is 2. The molecule has 16 heteroatoms. The zero-order chi connectivity index (χ0) is 53.2. The first-order valence-corrected chi connectivity index (χ1v) is 28.2. The van der Waals surface area contributed by atoms with Crippen molar-refractivity contribution in [3.8, 4) is 0 Å². The van der Waals surface area contributed by atoms with Crippen LogP contribution in [0.4, 0.5) is 0 Å². The number of carbonyl (C=O) groups is 6. The Balaban J connectivity index is 1.33. The maximum Gasteiger partial charge on any atom is 0.246 e. The van der Waals surface area contributed by atoms with Crippen LogP contribution < -0.4 is 21.3 Å². The van der Waals surface area contributed by atoms with E-state index >= 15 is 0 Å². The molecule has 0 aromatic heterocycles. The van der Waals surface area contributed by atoms with Gasteiger partial charge in [0.15, 0.2) is 0 Å². The second kappa shape index (κ2) is 29.3. The number of rotatable bonds is 27. The van der Waals surface area contributed by atoms with Crippen LogP contribution >= 0.6 is 31.9 Å². The molecule has 2 aromatic carbocycles. The SMILES string of the molecule is CN[C@@H](C)C(=O)N[C@H](C(=O)N1CCC[C@@H]1CN(CCc1ccc(Br)cc1)C(=O)CCCCCCCCC(=O)N(CCc1ccc(Br)cc1)C[C@@H]1CCCN1C(=O)[C@@H](NC(=O)[C@H](C)NC)C(C)(C)C)C(C)(C)C. The van der Waals surface area contributed by atoms with Crippen molar-refractivity contribution in [2.24, 2.45) is 10.8 Å². The van der Waals surface area contributed by atoms with Gasteiger partial charge in [0.2, 0.25) is 35.4 Å². The van der Waals surface area contributed by atoms with E-state index in [0.717, 1.165) is 84.3 Å². The number of benzene rings is 2. The second-order valence-corrected chi connectivity index (χ2v) is 24.2. The van der Waals surface area contributed by atoms with Gasteiger partial charge in [-0.3, -0.25) is 28.8 Å². The van der Waals surface area contributed by atoms with Gasteiger partial charge in [-0.25, -0.2) is 0 Å². The normalized spacial score (nSPS) is 17.8. The lowest BCUT2D eigenvalue weighted by atomic mass is 9.85. The Morgan fingerprint density at radius 2 is 0.903 bits per heavy atom. The molecular weight excluding hydrogens is 1040 g/mol. The van der Waals surface area contributed by atoms with Gasteiger partial charge in [0.1, 0.15) is 12.1 Å². The fourth-order valence-corrected chi connectivity index (χ4v) is 10.1. The quantitative estimate of drug-likeness (QED) is 0.0654. The van der Waals surface area contributed by atoms with Gasteiger partial charge in [-0.2, -0.15) is 0 Å². The molecule has 0 radical (unpaired) electrons. The predicted molar refractivity (Wildman–Crippen MR) is 295 cm³/mol. The van der Waals surface area contributed by atoms with Crippen molar-refractivity contribution in [1.82, 2.24) is 40.9 Å². The molecule has 2 aliphatic heterocycles. The van der Waals surface area contributed by atoms with E-state index in [-0.39, 0.29) is 47.5 Å². The van der Waals surface area contributed by atoms with Gasteiger partial charge >= 0.3 is 0 Å². The maximum absolute atomic E-state index is 14.2. The number of likely N-dealkylation sites (tertiary alicyclic amines) is 2. The number of unbranched alkanes of at least 4 members (excludes halogenated alkanes) is 5. The number of nitrogens with one attached hydrogen (secondary N) is 4. The van der Waals surface area contributed by atoms with Gasteiger partial charge in [-0.15, -0.1) is 0 Å². The lowest BCUT2D eigenvalue weighted by Crippen LogP contribution is -2.59. The Kier molecular flexibility index (Phi) is 24.7. The fourth-order valence-electron chi connectivity index (χ4n) is 9.61. The number of nitrogens with zero attached hydrogens (tertiary/aromatic N) is 4. The van der Waals surface area contributed by atoms with E-state index in [1.54, 1.807) is 27.9 Å². The standard InChI is InChI=1S/C56H88Br2N8O6/c1-39(59-9)51(69)61-49(55(3,4)5)53(71)65-33-17-19-45(65)37-63(35-31-41-23-27-43(57)28-24-41)47(67)21-15-13-11-12-14-16-22-48(68)64(36-32-42-25-29-44(58)30-26-42)38-46-20-18-34-66(46)54(72)50(56(6,7)8)62-52(70)40(2)60-10/h23-30,39-40,45-46,49-50,59-60H,11-22,31-38H2,1-10H3,(H,61,69)(H,62,70)/t39-,40-,45-,46+,49+,50+/m0/s1. The summed E-state index contributed by atoms with van der Waals surface area (Å²) in [5.74, 6) is -0.455. The molecule has 2 aromatic rings. The molecular formula is C56H88Br2N8O6. The molecule has 4 rings (SSSR count). The summed E-state index contributed by atoms with van der Waals surface area (Å²) in [5.41, 5.74) is 1.26. The van der Waals surface area contributed by atoms with Crippen molar-refractivity contribution in [3.05, 3.63) is 68.6 Å². The third-order valence-corrected chi connectivity index (χ3v) is 15.6. The van der Waals surface area contributed by atoms with E-state index in [1.165, 1.54) is 0 Å². The summed E-state index contributed by atoms with van der Waals surface area (Å²) in [6, 6.07) is 13.8. The molecule has 0 bridgehead atoms. The Morgan fingerprint density at radius 1 is 0.569 bits per heavy atom. The number of amides is 6. The van der Waals surface area contributed by atoms with Gasteiger partial charge in [0.05, 0.1) is 12.1 Å². The van der Waals surface area contributed by atoms with Crippen LogP contribution in [0.15, 0.2) is 57.5 Å². The highest BCUT2D eigenvalue weighted by molar-refractivity contribution is 9.10. The third kappa shape index (κ3) is 19.1. The zero-order valence-corrected chi connectivity index (χ0v) is 48.4. The van der Waals surface area contributed by atoms with Crippen LogP contribution in [0.25, 0.3) is 0 Å². The van der Waals surface area contributed by atoms with E-state index in [1.807, 2.05) is 85.4 Å². The van der Waals surface area contributed by atoms with Gasteiger partial charge < -0.3 is 40.9 Å². The molecule has 0 saturated carbocycles. The van der Waals surface area contributed by atoms with E-state index < -0.39 is 35.0 Å². The lowest BCUT2D eigenvalue weighted by Gasteiger charge is -2.37. The first-order chi connectivity index (χ1) is 34.0. The molecule has 0 spiro atoms. The number of hydrogen-bond donors (Lipinski definition) is 4. The molecule has 6 atom stereocenters. The van der Waals surface area contributed by atoms with Crippen molar-refractivity contribution in [2.45, 2.75) is 182 Å². The minimum Gasteiger partial charge on any atom is -0.342 e. The second-order valence-electron chi connectivity index (χ2n) is 22.3. The van der Waals surface area contributed by atoms with Crippen LogP contribution in [0.5, 0.6) is 0 Å². The van der Waals surface area contributed by atoms with Crippen LogP contribution in [0.2, 0.25) is 0 Å². The van der Waals surface area contributed by atoms with Crippen LogP contribution in [-0.2, 0) is 41.6 Å². The molecule has 6 amide bonds. The van der Waals surface area contributed by atoms with Gasteiger partial charge in [0.25, 0.3) is 0 Å². The summed E-state index contributed by atoms with van der Waals surface area (Å²) in [6.45, 7) is 18.6. The zero-order valence-electron chi connectivity index (χ0n) is 45.2. The van der Waals surface area contributed by atoms with Crippen LogP contribution in [-0.4, -0.2) is 145 Å². The summed E-state index contributed by atoms with van der Waals surface area (Å²) in [6.07, 6.45) is 10.8. The third-order valence-electron chi connectivity index (χ3n) is 14.5. The van der Waals surface area contributed by atoms with E-state index in [9.17, 15) is 28.8 Å². The highest BCUT2D eigenvalue weighted by Gasteiger charge is 2.42. The van der Waals surface area contributed by atoms with Gasteiger partial charge in [0, 0.05) is 73.1 Å². The number of likely N-dealkylation sites (N-methyl/N-ethyl adjacent to an activating group) is 2. The molecule has 2 aliphatic rings. The summed E-state index contributed by atoms with van der Waals surface area (Å²) in [5, 5.41) is 12.0. The topological polar surface area (TPSA) is 163 Å².